The van der Waals surface area contributed by atoms with Gasteiger partial charge in [-0.25, -0.2) is 4.98 Å². The summed E-state index contributed by atoms with van der Waals surface area (Å²) in [6, 6.07) is 1.03. The summed E-state index contributed by atoms with van der Waals surface area (Å²) in [7, 11) is 0. The van der Waals surface area contributed by atoms with Crippen molar-refractivity contribution in [3.05, 3.63) is 12.4 Å². The molecule has 0 aromatic carbocycles. The Morgan fingerprint density at radius 2 is 2.05 bits per heavy atom. The maximum Gasteiger partial charge on any atom is 0.205 e. The van der Waals surface area contributed by atoms with E-state index in [0.29, 0.717) is 18.0 Å². The Kier molecular flexibility index (Phi) is 4.29. The molecular weight excluding hydrogens is 248 g/mol. The molecule has 20 heavy (non-hydrogen) atoms. The van der Waals surface area contributed by atoms with Crippen LogP contribution in [-0.4, -0.2) is 28.7 Å². The van der Waals surface area contributed by atoms with Crippen molar-refractivity contribution in [1.82, 2.24) is 9.55 Å². The van der Waals surface area contributed by atoms with Gasteiger partial charge in [0.15, 0.2) is 0 Å². The van der Waals surface area contributed by atoms with Gasteiger partial charge in [0.05, 0.1) is 0 Å². The van der Waals surface area contributed by atoms with Gasteiger partial charge in [0.25, 0.3) is 0 Å². The summed E-state index contributed by atoms with van der Waals surface area (Å²) in [6.07, 6.45) is 13.2. The zero-order chi connectivity index (χ0) is 13.9. The monoisotopic (exact) mass is 276 g/mol. The van der Waals surface area contributed by atoms with Gasteiger partial charge in [-0.2, -0.15) is 0 Å². The Balaban J connectivity index is 1.75. The fourth-order valence-corrected chi connectivity index (χ4v) is 3.86. The van der Waals surface area contributed by atoms with Gasteiger partial charge >= 0.3 is 0 Å². The second-order valence-electron chi connectivity index (χ2n) is 6.49. The molecule has 3 rings (SSSR count). The van der Waals surface area contributed by atoms with Crippen molar-refractivity contribution in [3.8, 4) is 0 Å². The lowest BCUT2D eigenvalue weighted by Gasteiger charge is -2.38. The quantitative estimate of drug-likeness (QED) is 0.923. The molecule has 0 amide bonds. The van der Waals surface area contributed by atoms with Gasteiger partial charge in [-0.05, 0) is 25.2 Å². The molecule has 0 bridgehead atoms. The molecule has 2 heterocycles. The van der Waals surface area contributed by atoms with Crippen LogP contribution in [0.1, 0.15) is 57.9 Å². The molecule has 2 fully saturated rings. The summed E-state index contributed by atoms with van der Waals surface area (Å²) in [5, 5.41) is 0. The second-order valence-corrected chi connectivity index (χ2v) is 6.49. The van der Waals surface area contributed by atoms with Crippen molar-refractivity contribution in [3.63, 3.8) is 0 Å². The fourth-order valence-electron chi connectivity index (χ4n) is 3.86. The fraction of sp³-hybridized carbons (Fsp3) is 0.812. The Morgan fingerprint density at radius 1 is 1.25 bits per heavy atom. The highest BCUT2D eigenvalue weighted by Crippen LogP contribution is 2.32. The van der Waals surface area contributed by atoms with Gasteiger partial charge in [-0.15, -0.1) is 0 Å². The molecule has 1 aliphatic heterocycles. The number of anilines is 1. The van der Waals surface area contributed by atoms with E-state index in [-0.39, 0.29) is 0 Å². The van der Waals surface area contributed by atoms with E-state index >= 15 is 0 Å². The van der Waals surface area contributed by atoms with Crippen molar-refractivity contribution in [2.75, 3.05) is 18.0 Å². The van der Waals surface area contributed by atoms with Crippen LogP contribution in [0.25, 0.3) is 0 Å². The minimum Gasteiger partial charge on any atom is -0.342 e. The van der Waals surface area contributed by atoms with Crippen LogP contribution in [0.15, 0.2) is 12.4 Å². The first kappa shape index (κ1) is 13.9. The Labute approximate surface area is 122 Å². The van der Waals surface area contributed by atoms with Crippen LogP contribution in [-0.2, 0) is 0 Å². The number of hydrogen-bond acceptors (Lipinski definition) is 3. The Morgan fingerprint density at radius 3 is 2.80 bits per heavy atom. The number of rotatable bonds is 3. The highest BCUT2D eigenvalue weighted by Gasteiger charge is 2.28. The van der Waals surface area contributed by atoms with E-state index in [4.69, 9.17) is 5.73 Å². The number of hydrogen-bond donors (Lipinski definition) is 1. The number of aromatic nitrogens is 2. The Bertz CT molecular complexity index is 422. The van der Waals surface area contributed by atoms with Crippen LogP contribution in [0.3, 0.4) is 0 Å². The molecule has 112 valence electrons. The molecule has 2 unspecified atom stereocenters. The number of imidazole rings is 1. The highest BCUT2D eigenvalue weighted by atomic mass is 15.3. The van der Waals surface area contributed by atoms with E-state index < -0.39 is 0 Å². The Hall–Kier alpha value is -1.03. The van der Waals surface area contributed by atoms with E-state index in [1.54, 1.807) is 0 Å². The smallest absolute Gasteiger partial charge is 0.205 e. The van der Waals surface area contributed by atoms with Crippen molar-refractivity contribution < 1.29 is 0 Å². The molecule has 4 nitrogen and oxygen atoms in total. The molecule has 1 saturated heterocycles. The largest absolute Gasteiger partial charge is 0.342 e. The predicted octanol–water partition coefficient (Wildman–Crippen LogP) is 2.95. The molecular formula is C16H28N4. The molecule has 0 radical (unpaired) electrons. The van der Waals surface area contributed by atoms with E-state index in [0.717, 1.165) is 19.5 Å². The lowest BCUT2D eigenvalue weighted by atomic mass is 9.91. The minimum absolute atomic E-state index is 0.370. The van der Waals surface area contributed by atoms with Crippen molar-refractivity contribution in [2.45, 2.75) is 64.0 Å². The first-order valence-electron chi connectivity index (χ1n) is 8.33. The third-order valence-corrected chi connectivity index (χ3v) is 5.22. The first-order chi connectivity index (χ1) is 9.79. The summed E-state index contributed by atoms with van der Waals surface area (Å²) in [5.74, 6) is 1.79. The molecule has 4 heteroatoms. The third kappa shape index (κ3) is 2.71. The summed E-state index contributed by atoms with van der Waals surface area (Å²) in [6.45, 7) is 4.38. The standard InChI is InChI=1S/C16H28N4/c1-2-13-12-19(10-8-15(13)17)16-18-9-11-20(16)14-6-4-3-5-7-14/h9,11,13-15H,2-8,10,12,17H2,1H3. The summed E-state index contributed by atoms with van der Waals surface area (Å²) in [4.78, 5) is 7.12. The van der Waals surface area contributed by atoms with E-state index in [1.165, 1.54) is 44.5 Å². The van der Waals surface area contributed by atoms with Gasteiger partial charge in [0.1, 0.15) is 0 Å². The average molecular weight is 276 g/mol. The molecule has 1 aromatic rings. The molecule has 2 N–H and O–H groups in total. The SMILES string of the molecule is CCC1CN(c2nccn2C2CCCCC2)CCC1N. The van der Waals surface area contributed by atoms with Gasteiger partial charge in [-0.3, -0.25) is 0 Å². The van der Waals surface area contributed by atoms with Crippen molar-refractivity contribution in [2.24, 2.45) is 11.7 Å². The van der Waals surface area contributed by atoms with Gasteiger partial charge in [0.2, 0.25) is 5.95 Å². The first-order valence-corrected chi connectivity index (χ1v) is 8.33. The zero-order valence-electron chi connectivity index (χ0n) is 12.7. The van der Waals surface area contributed by atoms with Crippen LogP contribution in [0.2, 0.25) is 0 Å². The molecule has 2 aliphatic rings. The van der Waals surface area contributed by atoms with Gasteiger partial charge < -0.3 is 15.2 Å². The number of nitrogens with zero attached hydrogens (tertiary/aromatic N) is 3. The topological polar surface area (TPSA) is 47.1 Å². The molecule has 1 saturated carbocycles. The predicted molar refractivity (Wildman–Crippen MR) is 82.9 cm³/mol. The second kappa shape index (κ2) is 6.17. The van der Waals surface area contributed by atoms with Crippen LogP contribution in [0.5, 0.6) is 0 Å². The van der Waals surface area contributed by atoms with Crippen molar-refractivity contribution in [1.29, 1.82) is 0 Å². The minimum atomic E-state index is 0.370. The lowest BCUT2D eigenvalue weighted by molar-refractivity contribution is 0.327. The summed E-state index contributed by atoms with van der Waals surface area (Å²) >= 11 is 0. The molecule has 0 spiro atoms. The average Bonchev–Trinajstić information content (AvgIpc) is 2.98. The van der Waals surface area contributed by atoms with E-state index in [9.17, 15) is 0 Å². The van der Waals surface area contributed by atoms with Gasteiger partial charge in [0, 0.05) is 37.6 Å². The normalized spacial score (nSPS) is 28.8. The number of nitrogens with two attached hydrogens (primary N) is 1. The van der Waals surface area contributed by atoms with E-state index in [1.807, 2.05) is 6.20 Å². The molecule has 1 aromatic heterocycles. The van der Waals surface area contributed by atoms with Crippen LogP contribution in [0.4, 0.5) is 5.95 Å². The third-order valence-electron chi connectivity index (χ3n) is 5.22. The van der Waals surface area contributed by atoms with E-state index in [2.05, 4.69) is 27.6 Å². The summed E-state index contributed by atoms with van der Waals surface area (Å²) < 4.78 is 2.43. The van der Waals surface area contributed by atoms with Crippen LogP contribution in [0, 0.1) is 5.92 Å². The van der Waals surface area contributed by atoms with Crippen LogP contribution >= 0.6 is 0 Å². The maximum absolute atomic E-state index is 6.23. The molecule has 1 aliphatic carbocycles. The summed E-state index contributed by atoms with van der Waals surface area (Å²) in [5.41, 5.74) is 6.23. The molecule has 2 atom stereocenters. The maximum atomic E-state index is 6.23. The zero-order valence-corrected chi connectivity index (χ0v) is 12.7. The van der Waals surface area contributed by atoms with Gasteiger partial charge in [-0.1, -0.05) is 32.6 Å². The van der Waals surface area contributed by atoms with Crippen molar-refractivity contribution >= 4 is 5.95 Å². The highest BCUT2D eigenvalue weighted by molar-refractivity contribution is 5.33. The van der Waals surface area contributed by atoms with Crippen LogP contribution < -0.4 is 10.6 Å². The lowest BCUT2D eigenvalue weighted by Crippen LogP contribution is -2.47. The number of piperidine rings is 1.